The summed E-state index contributed by atoms with van der Waals surface area (Å²) >= 11 is 0. The van der Waals surface area contributed by atoms with Crippen molar-refractivity contribution in [1.29, 1.82) is 0 Å². The maximum Gasteiger partial charge on any atom is 0.277 e. The minimum Gasteiger partial charge on any atom is -0.493 e. The topological polar surface area (TPSA) is 86.9 Å². The summed E-state index contributed by atoms with van der Waals surface area (Å²) in [4.78, 5) is 25.1. The lowest BCUT2D eigenvalue weighted by atomic mass is 10.1. The Morgan fingerprint density at radius 1 is 1.03 bits per heavy atom. The molecule has 2 heterocycles. The van der Waals surface area contributed by atoms with Crippen LogP contribution in [0.3, 0.4) is 0 Å². The molecule has 0 atom stereocenters. The second-order valence-electron chi connectivity index (χ2n) is 6.83. The Morgan fingerprint density at radius 2 is 1.81 bits per heavy atom. The molecule has 0 bridgehead atoms. The minimum atomic E-state index is -0.906. The van der Waals surface area contributed by atoms with Gasteiger partial charge in [-0.3, -0.25) is 9.59 Å². The zero-order valence-electron chi connectivity index (χ0n) is 17.1. The lowest BCUT2D eigenvalue weighted by molar-refractivity contribution is -0.116. The second kappa shape index (κ2) is 8.50. The number of fused-ring (bicyclic) bond motifs is 1. The lowest BCUT2D eigenvalue weighted by Gasteiger charge is -2.08. The number of hydrogen-bond acceptors (Lipinski definition) is 5. The maximum atomic E-state index is 13.8. The molecule has 0 radical (unpaired) electrons. The number of rotatable bonds is 6. The molecule has 0 fully saturated rings. The average molecular weight is 440 g/mol. The van der Waals surface area contributed by atoms with Crippen LogP contribution in [-0.4, -0.2) is 34.3 Å². The molecule has 0 aliphatic rings. The van der Waals surface area contributed by atoms with E-state index in [1.165, 1.54) is 35.7 Å². The van der Waals surface area contributed by atoms with E-state index < -0.39 is 23.1 Å². The Kier molecular flexibility index (Phi) is 5.59. The van der Waals surface area contributed by atoms with E-state index in [1.807, 2.05) is 0 Å². The molecule has 0 unspecified atom stereocenters. The molecule has 0 saturated carbocycles. The lowest BCUT2D eigenvalue weighted by Crippen LogP contribution is -2.28. The number of hydrogen-bond donors (Lipinski definition) is 1. The number of halogens is 2. The van der Waals surface area contributed by atoms with Crippen LogP contribution in [0.4, 0.5) is 14.5 Å². The number of amides is 1. The Labute approximate surface area is 180 Å². The quantitative estimate of drug-likeness (QED) is 0.498. The van der Waals surface area contributed by atoms with Crippen LogP contribution in [0.5, 0.6) is 11.5 Å². The fourth-order valence-electron chi connectivity index (χ4n) is 3.22. The SMILES string of the molecule is COc1ccc(-c2cc3c(=O)n(CC(=O)Nc4ccc(F)cc4F)ccn3n2)cc1OC. The first-order valence-corrected chi connectivity index (χ1v) is 9.45. The fraction of sp³-hybridized carbons (Fsp3) is 0.136. The number of benzene rings is 2. The van der Waals surface area contributed by atoms with Gasteiger partial charge in [-0.2, -0.15) is 5.10 Å². The Balaban J connectivity index is 1.61. The van der Waals surface area contributed by atoms with Gasteiger partial charge in [0.25, 0.3) is 5.56 Å². The molecule has 2 aromatic heterocycles. The minimum absolute atomic E-state index is 0.175. The van der Waals surface area contributed by atoms with Gasteiger partial charge in [0.05, 0.1) is 25.6 Å². The van der Waals surface area contributed by atoms with Gasteiger partial charge in [0.15, 0.2) is 11.5 Å². The number of carbonyl (C=O) groups excluding carboxylic acids is 1. The molecule has 4 rings (SSSR count). The molecule has 4 aromatic rings. The molecule has 0 aliphatic heterocycles. The molecule has 8 nitrogen and oxygen atoms in total. The van der Waals surface area contributed by atoms with Crippen LogP contribution >= 0.6 is 0 Å². The van der Waals surface area contributed by atoms with E-state index in [0.717, 1.165) is 12.1 Å². The standard InChI is InChI=1S/C22H18F2N4O4/c1-31-19-6-3-13(9-20(19)32-2)17-11-18-22(30)27(7-8-28(18)26-17)12-21(29)25-16-5-4-14(23)10-15(16)24/h3-11H,12H2,1-2H3,(H,25,29). The zero-order valence-corrected chi connectivity index (χ0v) is 17.1. The van der Waals surface area contributed by atoms with Crippen LogP contribution in [0.25, 0.3) is 16.8 Å². The van der Waals surface area contributed by atoms with E-state index in [2.05, 4.69) is 10.4 Å². The van der Waals surface area contributed by atoms with E-state index >= 15 is 0 Å². The third kappa shape index (κ3) is 4.02. The summed E-state index contributed by atoms with van der Waals surface area (Å²) in [6.45, 7) is -0.358. The third-order valence-corrected chi connectivity index (χ3v) is 4.80. The van der Waals surface area contributed by atoms with Gasteiger partial charge >= 0.3 is 0 Å². The predicted molar refractivity (Wildman–Crippen MR) is 113 cm³/mol. The highest BCUT2D eigenvalue weighted by molar-refractivity contribution is 5.90. The predicted octanol–water partition coefficient (Wildman–Crippen LogP) is 3.10. The highest BCUT2D eigenvalue weighted by Crippen LogP contribution is 2.31. The highest BCUT2D eigenvalue weighted by atomic mass is 19.1. The van der Waals surface area contributed by atoms with E-state index in [0.29, 0.717) is 28.8 Å². The van der Waals surface area contributed by atoms with Crippen LogP contribution in [0.1, 0.15) is 0 Å². The maximum absolute atomic E-state index is 13.8. The van der Waals surface area contributed by atoms with Crippen LogP contribution in [0.15, 0.2) is 59.7 Å². The number of anilines is 1. The summed E-state index contributed by atoms with van der Waals surface area (Å²) < 4.78 is 39.9. The van der Waals surface area contributed by atoms with Crippen LogP contribution in [-0.2, 0) is 11.3 Å². The Bertz CT molecular complexity index is 1380. The van der Waals surface area contributed by atoms with Gasteiger partial charge in [-0.25, -0.2) is 13.3 Å². The van der Waals surface area contributed by atoms with Gasteiger partial charge in [0.1, 0.15) is 23.7 Å². The molecule has 32 heavy (non-hydrogen) atoms. The first kappa shape index (κ1) is 21.0. The number of carbonyl (C=O) groups is 1. The van der Waals surface area contributed by atoms with Crippen molar-refractivity contribution in [3.8, 4) is 22.8 Å². The van der Waals surface area contributed by atoms with Crippen molar-refractivity contribution in [3.05, 3.63) is 76.8 Å². The van der Waals surface area contributed by atoms with Gasteiger partial charge in [-0.1, -0.05) is 0 Å². The van der Waals surface area contributed by atoms with Crippen LogP contribution < -0.4 is 20.3 Å². The Morgan fingerprint density at radius 3 is 2.53 bits per heavy atom. The first-order valence-electron chi connectivity index (χ1n) is 9.45. The molecule has 1 N–H and O–H groups in total. The molecule has 164 valence electrons. The molecule has 1 amide bonds. The summed E-state index contributed by atoms with van der Waals surface area (Å²) in [7, 11) is 3.05. The largest absolute Gasteiger partial charge is 0.493 e. The van der Waals surface area contributed by atoms with Gasteiger partial charge in [-0.05, 0) is 36.4 Å². The number of nitrogens with one attached hydrogen (secondary N) is 1. The van der Waals surface area contributed by atoms with Gasteiger partial charge in [0, 0.05) is 24.0 Å². The van der Waals surface area contributed by atoms with Crippen LogP contribution in [0, 0.1) is 11.6 Å². The second-order valence-corrected chi connectivity index (χ2v) is 6.83. The molecule has 0 saturated heterocycles. The van der Waals surface area contributed by atoms with Crippen molar-refractivity contribution in [2.75, 3.05) is 19.5 Å². The third-order valence-electron chi connectivity index (χ3n) is 4.80. The molecule has 0 aliphatic carbocycles. The summed E-state index contributed by atoms with van der Waals surface area (Å²) in [5.74, 6) is -1.22. The smallest absolute Gasteiger partial charge is 0.277 e. The van der Waals surface area contributed by atoms with E-state index in [1.54, 1.807) is 24.3 Å². The monoisotopic (exact) mass is 440 g/mol. The number of aromatic nitrogens is 3. The van der Waals surface area contributed by atoms with Crippen molar-refractivity contribution in [2.24, 2.45) is 0 Å². The zero-order chi connectivity index (χ0) is 22.8. The molecular weight excluding hydrogens is 422 g/mol. The van der Waals surface area contributed by atoms with Crippen molar-refractivity contribution >= 4 is 17.1 Å². The first-order chi connectivity index (χ1) is 15.4. The van der Waals surface area contributed by atoms with Crippen LogP contribution in [0.2, 0.25) is 0 Å². The summed E-state index contributed by atoms with van der Waals surface area (Å²) in [5, 5.41) is 6.73. The van der Waals surface area contributed by atoms with Crippen molar-refractivity contribution in [3.63, 3.8) is 0 Å². The van der Waals surface area contributed by atoms with Gasteiger partial charge < -0.3 is 19.4 Å². The van der Waals surface area contributed by atoms with Crippen molar-refractivity contribution in [2.45, 2.75) is 6.54 Å². The van der Waals surface area contributed by atoms with Gasteiger partial charge in [0.2, 0.25) is 5.91 Å². The Hall–Kier alpha value is -4.21. The summed E-state index contributed by atoms with van der Waals surface area (Å²) in [5.41, 5.74) is 0.852. The number of methoxy groups -OCH3 is 2. The van der Waals surface area contributed by atoms with Crippen molar-refractivity contribution < 1.29 is 23.0 Å². The van der Waals surface area contributed by atoms with E-state index in [-0.39, 0.29) is 17.7 Å². The molecule has 2 aromatic carbocycles. The fourth-order valence-corrected chi connectivity index (χ4v) is 3.22. The summed E-state index contributed by atoms with van der Waals surface area (Å²) in [6, 6.07) is 9.65. The van der Waals surface area contributed by atoms with Gasteiger partial charge in [-0.15, -0.1) is 0 Å². The van der Waals surface area contributed by atoms with Crippen molar-refractivity contribution in [1.82, 2.24) is 14.2 Å². The number of ether oxygens (including phenoxy) is 2. The molecule has 10 heteroatoms. The normalized spacial score (nSPS) is 10.9. The van der Waals surface area contributed by atoms with E-state index in [4.69, 9.17) is 9.47 Å². The number of nitrogens with zero attached hydrogens (tertiary/aromatic N) is 3. The van der Waals surface area contributed by atoms with E-state index in [9.17, 15) is 18.4 Å². The average Bonchev–Trinajstić information content (AvgIpc) is 3.22. The summed E-state index contributed by atoms with van der Waals surface area (Å²) in [6.07, 6.45) is 2.94. The highest BCUT2D eigenvalue weighted by Gasteiger charge is 2.14. The molecular formula is C22H18F2N4O4. The molecule has 0 spiro atoms.